The van der Waals surface area contributed by atoms with Gasteiger partial charge in [-0.05, 0) is 54.7 Å². The number of carboxylic acid groups (broad SMARTS) is 2. The maximum Gasteiger partial charge on any atom is 0.335 e. The molecule has 0 bridgehead atoms. The quantitative estimate of drug-likeness (QED) is 0.453. The highest BCUT2D eigenvalue weighted by Gasteiger charge is 2.28. The highest BCUT2D eigenvalue weighted by molar-refractivity contribution is 6.31. The molecule has 4 N–H and O–H groups in total. The number of hydrogen-bond donors (Lipinski definition) is 4. The van der Waals surface area contributed by atoms with Crippen molar-refractivity contribution in [2.75, 3.05) is 0 Å². The average molecular weight is 438 g/mol. The van der Waals surface area contributed by atoms with Crippen LogP contribution in [0, 0.1) is 5.82 Å². The smallest absolute Gasteiger partial charge is 0.335 e. The van der Waals surface area contributed by atoms with Gasteiger partial charge in [-0.2, -0.15) is 0 Å². The number of hydrogen-bond acceptors (Lipinski definition) is 4. The topological polar surface area (TPSA) is 124 Å². The predicted octanol–water partition coefficient (Wildman–Crippen LogP) is 2.67. The van der Waals surface area contributed by atoms with Crippen LogP contribution in [0.15, 0.2) is 42.5 Å². The summed E-state index contributed by atoms with van der Waals surface area (Å²) < 4.78 is 13.4. The van der Waals surface area contributed by atoms with E-state index >= 15 is 0 Å². The first-order chi connectivity index (χ1) is 14.2. The Kier molecular flexibility index (Phi) is 8.32. The molecule has 2 aromatic rings. The first-order valence-electron chi connectivity index (χ1n) is 9.14. The lowest BCUT2D eigenvalue weighted by atomic mass is 9.99. The number of halogens is 2. The first-order valence-corrected chi connectivity index (χ1v) is 9.52. The molecule has 1 amide bonds. The Balaban J connectivity index is 2.01. The highest BCUT2D eigenvalue weighted by atomic mass is 35.5. The molecule has 7 nitrogen and oxygen atoms in total. The molecule has 2 aromatic carbocycles. The van der Waals surface area contributed by atoms with Gasteiger partial charge in [0.05, 0.1) is 11.6 Å². The Morgan fingerprint density at radius 3 is 2.40 bits per heavy atom. The van der Waals surface area contributed by atoms with Gasteiger partial charge in [0.25, 0.3) is 0 Å². The number of aliphatic hydroxyl groups excluding tert-OH is 1. The molecule has 0 saturated heterocycles. The van der Waals surface area contributed by atoms with Crippen LogP contribution in [0.4, 0.5) is 4.39 Å². The number of nitrogens with one attached hydrogen (secondary N) is 1. The van der Waals surface area contributed by atoms with Gasteiger partial charge in [-0.3, -0.25) is 4.79 Å². The fourth-order valence-electron chi connectivity index (χ4n) is 3.01. The zero-order chi connectivity index (χ0) is 22.3. The van der Waals surface area contributed by atoms with Crippen LogP contribution in [-0.2, 0) is 22.4 Å². The van der Waals surface area contributed by atoms with Gasteiger partial charge in [-0.15, -0.1) is 0 Å². The van der Waals surface area contributed by atoms with E-state index in [2.05, 4.69) is 5.32 Å². The molecule has 1 unspecified atom stereocenters. The third-order valence-electron chi connectivity index (χ3n) is 4.53. The van der Waals surface area contributed by atoms with E-state index in [1.54, 1.807) is 24.3 Å². The summed E-state index contributed by atoms with van der Waals surface area (Å²) in [5.41, 5.74) is 0.777. The second-order valence-corrected chi connectivity index (χ2v) is 7.12. The number of carboxylic acids is 2. The maximum absolute atomic E-state index is 13.4. The standard InChI is InChI=1S/C21H21ClFNO6/c22-16-6-2-1-4-13(16)11-17(19(26)21(29)30)24-18(25)7-3-5-12-10-14(23)8-9-15(12)20(27)28/h1-2,4,6,8-10,17,19,26H,3,5,7,11H2,(H,24,25)(H,27,28)(H,29,30)/t17?,19-/m1/s1. The molecule has 0 radical (unpaired) electrons. The third kappa shape index (κ3) is 6.53. The van der Waals surface area contributed by atoms with Crippen LogP contribution in [-0.4, -0.2) is 45.3 Å². The van der Waals surface area contributed by atoms with Crippen molar-refractivity contribution in [2.24, 2.45) is 0 Å². The van der Waals surface area contributed by atoms with Crippen LogP contribution in [0.25, 0.3) is 0 Å². The van der Waals surface area contributed by atoms with Crippen molar-refractivity contribution >= 4 is 29.4 Å². The molecule has 0 saturated carbocycles. The maximum atomic E-state index is 13.4. The van der Waals surface area contributed by atoms with Gasteiger partial charge < -0.3 is 20.6 Å². The zero-order valence-corrected chi connectivity index (χ0v) is 16.6. The van der Waals surface area contributed by atoms with Crippen molar-refractivity contribution in [1.29, 1.82) is 0 Å². The number of benzene rings is 2. The minimum atomic E-state index is -1.84. The Morgan fingerprint density at radius 2 is 1.77 bits per heavy atom. The van der Waals surface area contributed by atoms with E-state index in [4.69, 9.17) is 21.8 Å². The van der Waals surface area contributed by atoms with Gasteiger partial charge in [-0.1, -0.05) is 29.8 Å². The zero-order valence-electron chi connectivity index (χ0n) is 15.8. The lowest BCUT2D eigenvalue weighted by molar-refractivity contribution is -0.148. The molecular weight excluding hydrogens is 417 g/mol. The molecule has 2 rings (SSSR count). The number of aryl methyl sites for hydroxylation is 1. The summed E-state index contributed by atoms with van der Waals surface area (Å²) in [6.45, 7) is 0. The summed E-state index contributed by atoms with van der Waals surface area (Å²) in [5, 5.41) is 31.1. The molecule has 30 heavy (non-hydrogen) atoms. The molecule has 160 valence electrons. The van der Waals surface area contributed by atoms with Gasteiger partial charge in [0.1, 0.15) is 5.82 Å². The number of amides is 1. The van der Waals surface area contributed by atoms with Crippen molar-refractivity contribution in [2.45, 2.75) is 37.8 Å². The molecule has 0 aliphatic carbocycles. The van der Waals surface area contributed by atoms with Crippen molar-refractivity contribution in [3.05, 3.63) is 70.0 Å². The molecule has 0 heterocycles. The molecular formula is C21H21ClFNO6. The Hall–Kier alpha value is -2.97. The first kappa shape index (κ1) is 23.3. The van der Waals surface area contributed by atoms with Crippen LogP contribution in [0.1, 0.15) is 34.3 Å². The minimum Gasteiger partial charge on any atom is -0.479 e. The third-order valence-corrected chi connectivity index (χ3v) is 4.89. The summed E-state index contributed by atoms with van der Waals surface area (Å²) in [7, 11) is 0. The van der Waals surface area contributed by atoms with E-state index < -0.39 is 35.8 Å². The van der Waals surface area contributed by atoms with E-state index in [0.29, 0.717) is 10.6 Å². The molecule has 0 aliphatic rings. The Bertz CT molecular complexity index is 935. The van der Waals surface area contributed by atoms with Crippen LogP contribution in [0.2, 0.25) is 5.02 Å². The van der Waals surface area contributed by atoms with Gasteiger partial charge in [0.2, 0.25) is 5.91 Å². The monoisotopic (exact) mass is 437 g/mol. The Morgan fingerprint density at radius 1 is 1.07 bits per heavy atom. The van der Waals surface area contributed by atoms with E-state index in [0.717, 1.165) is 18.2 Å². The van der Waals surface area contributed by atoms with Crippen molar-refractivity contribution < 1.29 is 34.1 Å². The fraction of sp³-hybridized carbons (Fsp3) is 0.286. The van der Waals surface area contributed by atoms with Crippen LogP contribution in [0.5, 0.6) is 0 Å². The Labute approximate surface area is 177 Å². The van der Waals surface area contributed by atoms with E-state index in [1.165, 1.54) is 0 Å². The number of rotatable bonds is 10. The number of aliphatic carboxylic acids is 1. The summed E-state index contributed by atoms with van der Waals surface area (Å²) in [6.07, 6.45) is -1.56. The number of aliphatic hydroxyl groups is 1. The van der Waals surface area contributed by atoms with E-state index in [-0.39, 0.29) is 36.8 Å². The fourth-order valence-corrected chi connectivity index (χ4v) is 3.22. The number of aromatic carboxylic acids is 1. The summed E-state index contributed by atoms with van der Waals surface area (Å²) >= 11 is 6.07. The van der Waals surface area contributed by atoms with Gasteiger partial charge in [0.15, 0.2) is 6.10 Å². The molecule has 0 aromatic heterocycles. The molecule has 9 heteroatoms. The largest absolute Gasteiger partial charge is 0.479 e. The highest BCUT2D eigenvalue weighted by Crippen LogP contribution is 2.18. The summed E-state index contributed by atoms with van der Waals surface area (Å²) in [5.74, 6) is -3.79. The number of carbonyl (C=O) groups is 3. The van der Waals surface area contributed by atoms with E-state index in [9.17, 15) is 23.9 Å². The van der Waals surface area contributed by atoms with E-state index in [1.807, 2.05) is 0 Å². The second-order valence-electron chi connectivity index (χ2n) is 6.71. The van der Waals surface area contributed by atoms with Crippen molar-refractivity contribution in [3.63, 3.8) is 0 Å². The average Bonchev–Trinajstić information content (AvgIpc) is 2.68. The summed E-state index contributed by atoms with van der Waals surface area (Å²) in [6, 6.07) is 8.88. The lowest BCUT2D eigenvalue weighted by Crippen LogP contribution is -2.48. The SMILES string of the molecule is O=C(CCCc1cc(F)ccc1C(=O)O)NC(Cc1ccccc1Cl)[C@@H](O)C(=O)O. The molecule has 0 aliphatic heterocycles. The molecule has 0 fully saturated rings. The van der Waals surface area contributed by atoms with Crippen LogP contribution < -0.4 is 5.32 Å². The molecule has 2 atom stereocenters. The van der Waals surface area contributed by atoms with Gasteiger partial charge in [-0.25, -0.2) is 14.0 Å². The minimum absolute atomic E-state index is 0.00589. The van der Waals surface area contributed by atoms with Crippen molar-refractivity contribution in [1.82, 2.24) is 5.32 Å². The normalized spacial score (nSPS) is 12.8. The molecule has 0 spiro atoms. The second kappa shape index (κ2) is 10.7. The van der Waals surface area contributed by atoms with Crippen LogP contribution >= 0.6 is 11.6 Å². The van der Waals surface area contributed by atoms with Gasteiger partial charge in [0, 0.05) is 11.4 Å². The van der Waals surface area contributed by atoms with Crippen LogP contribution in [0.3, 0.4) is 0 Å². The lowest BCUT2D eigenvalue weighted by Gasteiger charge is -2.22. The number of carbonyl (C=O) groups excluding carboxylic acids is 1. The van der Waals surface area contributed by atoms with Gasteiger partial charge >= 0.3 is 11.9 Å². The van der Waals surface area contributed by atoms with Crippen molar-refractivity contribution in [3.8, 4) is 0 Å². The summed E-state index contributed by atoms with van der Waals surface area (Å²) in [4.78, 5) is 34.7. The predicted molar refractivity (Wildman–Crippen MR) is 107 cm³/mol.